The zero-order chi connectivity index (χ0) is 20.6. The second kappa shape index (κ2) is 7.49. The molecule has 3 aromatic rings. The lowest BCUT2D eigenvalue weighted by molar-refractivity contribution is 0.431. The Hall–Kier alpha value is -2.91. The van der Waals surface area contributed by atoms with Gasteiger partial charge in [-0.2, -0.15) is 17.7 Å². The van der Waals surface area contributed by atoms with Crippen molar-refractivity contribution >= 4 is 22.1 Å². The van der Waals surface area contributed by atoms with Crippen molar-refractivity contribution in [2.24, 2.45) is 0 Å². The molecule has 8 nitrogen and oxygen atoms in total. The lowest BCUT2D eigenvalue weighted by Crippen LogP contribution is -2.29. The molecular formula is C20H24N6O2S. The first-order valence-corrected chi connectivity index (χ1v) is 10.8. The summed E-state index contributed by atoms with van der Waals surface area (Å²) in [6.07, 6.45) is 0.767. The summed E-state index contributed by atoms with van der Waals surface area (Å²) in [4.78, 5) is 4.41. The van der Waals surface area contributed by atoms with Crippen LogP contribution in [0.4, 0.5) is 11.9 Å². The fourth-order valence-corrected chi connectivity index (χ4v) is 3.90. The molecule has 2 N–H and O–H groups in total. The molecule has 0 fully saturated rings. The van der Waals surface area contributed by atoms with E-state index >= 15 is 0 Å². The van der Waals surface area contributed by atoms with E-state index in [-0.39, 0.29) is 18.0 Å². The molecule has 2 atom stereocenters. The highest BCUT2D eigenvalue weighted by molar-refractivity contribution is 7.90. The Bertz CT molecular complexity index is 1090. The number of nitrogens with one attached hydrogen (secondary N) is 2. The summed E-state index contributed by atoms with van der Waals surface area (Å²) < 4.78 is 29.7. The summed E-state index contributed by atoms with van der Waals surface area (Å²) >= 11 is 0. The van der Waals surface area contributed by atoms with Gasteiger partial charge in [-0.05, 0) is 24.5 Å². The van der Waals surface area contributed by atoms with E-state index in [1.807, 2.05) is 25.1 Å². The number of benzene rings is 2. The summed E-state index contributed by atoms with van der Waals surface area (Å²) in [6.45, 7) is 2.05. The number of nitrogens with zero attached hydrogens (tertiary/aromatic N) is 4. The maximum Gasteiger partial charge on any atom is 0.303 e. The molecule has 1 aliphatic heterocycles. The van der Waals surface area contributed by atoms with Gasteiger partial charge in [-0.3, -0.25) is 0 Å². The smallest absolute Gasteiger partial charge is 0.303 e. The van der Waals surface area contributed by atoms with Crippen LogP contribution in [0, 0.1) is 6.92 Å². The van der Waals surface area contributed by atoms with Gasteiger partial charge >= 0.3 is 10.2 Å². The lowest BCUT2D eigenvalue weighted by Gasteiger charge is -2.31. The van der Waals surface area contributed by atoms with Crippen LogP contribution in [0.1, 0.15) is 35.2 Å². The fraction of sp³-hybridized carbons (Fsp3) is 0.300. The Kier molecular flexibility index (Phi) is 5.01. The third kappa shape index (κ3) is 3.96. The monoisotopic (exact) mass is 412 g/mol. The van der Waals surface area contributed by atoms with Gasteiger partial charge in [-0.15, -0.1) is 5.10 Å². The van der Waals surface area contributed by atoms with E-state index in [2.05, 4.69) is 56.5 Å². The second-order valence-corrected chi connectivity index (χ2v) is 9.25. The number of hydrogen-bond acceptors (Lipinski definition) is 5. The van der Waals surface area contributed by atoms with E-state index in [1.165, 1.54) is 19.7 Å². The standard InChI is InChI=1S/C20H24N6O2S/c1-14-9-11-16(12-10-14)18-13-17(15-7-5-4-6-8-15)21-20-22-19(23-26(18)20)24-29(27,28)25(2)3/h4-12,17-18H,13H2,1-3H3,(H2,21,22,23,24)/t17-,18+/m0/s1. The molecule has 0 bridgehead atoms. The van der Waals surface area contributed by atoms with Gasteiger partial charge in [0.2, 0.25) is 5.95 Å². The first-order valence-electron chi connectivity index (χ1n) is 9.38. The van der Waals surface area contributed by atoms with Gasteiger partial charge in [0.25, 0.3) is 5.95 Å². The van der Waals surface area contributed by atoms with Gasteiger partial charge in [0.05, 0.1) is 12.1 Å². The van der Waals surface area contributed by atoms with E-state index < -0.39 is 10.2 Å². The molecule has 0 aliphatic carbocycles. The van der Waals surface area contributed by atoms with Gasteiger partial charge in [-0.1, -0.05) is 60.2 Å². The SMILES string of the molecule is Cc1ccc([C@H]2C[C@@H](c3ccccc3)Nc3nc(NS(=O)(=O)N(C)C)nn32)cc1. The molecule has 29 heavy (non-hydrogen) atoms. The topological polar surface area (TPSA) is 92.2 Å². The van der Waals surface area contributed by atoms with Crippen molar-refractivity contribution in [3.8, 4) is 0 Å². The normalized spacial score (nSPS) is 18.9. The van der Waals surface area contributed by atoms with Crippen molar-refractivity contribution < 1.29 is 8.42 Å². The minimum absolute atomic E-state index is 0.0394. The molecule has 0 saturated heterocycles. The van der Waals surface area contributed by atoms with Crippen LogP contribution in [0.15, 0.2) is 54.6 Å². The molecular weight excluding hydrogens is 388 g/mol. The molecule has 0 spiro atoms. The quantitative estimate of drug-likeness (QED) is 0.672. The van der Waals surface area contributed by atoms with Crippen molar-refractivity contribution in [2.75, 3.05) is 24.1 Å². The van der Waals surface area contributed by atoms with E-state index in [1.54, 1.807) is 4.68 Å². The summed E-state index contributed by atoms with van der Waals surface area (Å²) in [6, 6.07) is 18.4. The second-order valence-electron chi connectivity index (χ2n) is 7.36. The first kappa shape index (κ1) is 19.4. The van der Waals surface area contributed by atoms with Crippen molar-refractivity contribution in [2.45, 2.75) is 25.4 Å². The van der Waals surface area contributed by atoms with Crippen LogP contribution >= 0.6 is 0 Å². The molecule has 0 radical (unpaired) electrons. The zero-order valence-electron chi connectivity index (χ0n) is 16.6. The Labute approximate surface area is 170 Å². The molecule has 0 saturated carbocycles. The lowest BCUT2D eigenvalue weighted by atomic mass is 9.93. The average Bonchev–Trinajstić information content (AvgIpc) is 3.10. The molecule has 152 valence electrons. The summed E-state index contributed by atoms with van der Waals surface area (Å²) in [5, 5.41) is 7.85. The van der Waals surface area contributed by atoms with Crippen LogP contribution in [0.2, 0.25) is 0 Å². The average molecular weight is 413 g/mol. The third-order valence-electron chi connectivity index (χ3n) is 5.05. The first-order chi connectivity index (χ1) is 13.8. The number of aryl methyl sites for hydroxylation is 1. The minimum atomic E-state index is -3.69. The molecule has 1 aromatic heterocycles. The van der Waals surface area contributed by atoms with E-state index in [4.69, 9.17) is 0 Å². The third-order valence-corrected chi connectivity index (χ3v) is 6.46. The molecule has 2 heterocycles. The van der Waals surface area contributed by atoms with Crippen LogP contribution in [-0.2, 0) is 10.2 Å². The van der Waals surface area contributed by atoms with E-state index in [0.717, 1.165) is 21.9 Å². The summed E-state index contributed by atoms with van der Waals surface area (Å²) in [5.41, 5.74) is 3.43. The van der Waals surface area contributed by atoms with Crippen LogP contribution in [0.5, 0.6) is 0 Å². The highest BCUT2D eigenvalue weighted by Crippen LogP contribution is 2.38. The minimum Gasteiger partial charge on any atom is -0.347 e. The fourth-order valence-electron chi connectivity index (χ4n) is 3.40. The Morgan fingerprint density at radius 1 is 1.07 bits per heavy atom. The maximum atomic E-state index is 12.2. The van der Waals surface area contributed by atoms with Crippen molar-refractivity contribution in [3.05, 3.63) is 71.3 Å². The van der Waals surface area contributed by atoms with E-state index in [0.29, 0.717) is 5.95 Å². The predicted molar refractivity (Wildman–Crippen MR) is 113 cm³/mol. The largest absolute Gasteiger partial charge is 0.347 e. The van der Waals surface area contributed by atoms with E-state index in [9.17, 15) is 8.42 Å². The highest BCUT2D eigenvalue weighted by Gasteiger charge is 2.31. The maximum absolute atomic E-state index is 12.2. The van der Waals surface area contributed by atoms with Crippen LogP contribution in [-0.4, -0.2) is 41.6 Å². The van der Waals surface area contributed by atoms with Crippen LogP contribution < -0.4 is 10.0 Å². The molecule has 0 unspecified atom stereocenters. The molecule has 4 rings (SSSR count). The summed E-state index contributed by atoms with van der Waals surface area (Å²) in [7, 11) is -0.776. The van der Waals surface area contributed by atoms with Gasteiger partial charge in [0, 0.05) is 14.1 Å². The number of anilines is 2. The predicted octanol–water partition coefficient (Wildman–Crippen LogP) is 2.95. The Morgan fingerprint density at radius 3 is 2.41 bits per heavy atom. The molecule has 1 aliphatic rings. The van der Waals surface area contributed by atoms with Gasteiger partial charge in [0.15, 0.2) is 0 Å². The van der Waals surface area contributed by atoms with Gasteiger partial charge < -0.3 is 5.32 Å². The number of fused-ring (bicyclic) bond motifs is 1. The number of hydrogen-bond donors (Lipinski definition) is 2. The van der Waals surface area contributed by atoms with Gasteiger partial charge in [0.1, 0.15) is 0 Å². The van der Waals surface area contributed by atoms with Crippen molar-refractivity contribution in [1.29, 1.82) is 0 Å². The Balaban J connectivity index is 1.74. The van der Waals surface area contributed by atoms with Crippen molar-refractivity contribution in [3.63, 3.8) is 0 Å². The molecule has 0 amide bonds. The zero-order valence-corrected chi connectivity index (χ0v) is 17.4. The Morgan fingerprint density at radius 2 is 1.76 bits per heavy atom. The van der Waals surface area contributed by atoms with Crippen LogP contribution in [0.25, 0.3) is 0 Å². The highest BCUT2D eigenvalue weighted by atomic mass is 32.2. The van der Waals surface area contributed by atoms with Crippen molar-refractivity contribution in [1.82, 2.24) is 19.1 Å². The molecule has 2 aromatic carbocycles. The van der Waals surface area contributed by atoms with Crippen LogP contribution in [0.3, 0.4) is 0 Å². The van der Waals surface area contributed by atoms with Gasteiger partial charge in [-0.25, -0.2) is 9.40 Å². The number of rotatable bonds is 5. The molecule has 9 heteroatoms. The summed E-state index contributed by atoms with van der Waals surface area (Å²) in [5.74, 6) is 0.583. The number of aromatic nitrogens is 3.